The van der Waals surface area contributed by atoms with Gasteiger partial charge in [-0.05, 0) is 0 Å². The summed E-state index contributed by atoms with van der Waals surface area (Å²) in [5, 5.41) is 0. The third-order valence-electron chi connectivity index (χ3n) is 8.07. The third-order valence-corrected chi connectivity index (χ3v) is 33.6. The van der Waals surface area contributed by atoms with E-state index in [1.807, 2.05) is 0 Å². The first-order chi connectivity index (χ1) is 16.4. The molecular weight excluding hydrogens is 662 g/mol. The predicted molar refractivity (Wildman–Crippen MR) is 162 cm³/mol. The van der Waals surface area contributed by atoms with E-state index >= 15 is 0 Å². The Morgan fingerprint density at radius 3 is 1.31 bits per heavy atom. The van der Waals surface area contributed by atoms with Gasteiger partial charge in [0.05, 0.1) is 0 Å². The Labute approximate surface area is 229 Å². The maximum atomic E-state index is 2.69. The summed E-state index contributed by atoms with van der Waals surface area (Å²) in [7, 11) is 0. The molecule has 0 heterocycles. The van der Waals surface area contributed by atoms with Crippen LogP contribution in [-0.4, -0.2) is 6.94 Å². The van der Waals surface area contributed by atoms with Crippen LogP contribution < -0.4 is 0 Å². The average Bonchev–Trinajstić information content (AvgIpc) is 3.51. The van der Waals surface area contributed by atoms with Crippen molar-refractivity contribution in [3.05, 3.63) is 131 Å². The first-order valence-corrected chi connectivity index (χ1v) is 31.9. The number of allylic oxidation sites excluding steroid dienone is 2. The van der Waals surface area contributed by atoms with Crippen molar-refractivity contribution in [3.8, 4) is 22.3 Å². The van der Waals surface area contributed by atoms with E-state index in [1.54, 1.807) is 0 Å². The second-order valence-corrected chi connectivity index (χ2v) is 54.8. The van der Waals surface area contributed by atoms with E-state index in [4.69, 9.17) is 0 Å². The molecule has 0 aliphatic heterocycles. The minimum atomic E-state index is -3.48. The maximum absolute atomic E-state index is 3.48. The topological polar surface area (TPSA) is 0 Å². The fraction of sp³-hybridized carbons (Fsp3) is 0.125. The van der Waals surface area contributed by atoms with E-state index < -0.39 is 17.1 Å². The van der Waals surface area contributed by atoms with E-state index in [0.717, 1.165) is 0 Å². The number of benzene rings is 4. The van der Waals surface area contributed by atoms with E-state index in [1.165, 1.54) is 44.5 Å². The molecule has 0 radical (unpaired) electrons. The van der Waals surface area contributed by atoms with Gasteiger partial charge in [-0.15, -0.1) is 24.8 Å². The zero-order chi connectivity index (χ0) is 23.4. The molecule has 6 rings (SSSR count). The number of halogens is 2. The van der Waals surface area contributed by atoms with Gasteiger partial charge in [-0.3, -0.25) is 0 Å². The van der Waals surface area contributed by atoms with Gasteiger partial charge in [0.15, 0.2) is 0 Å². The summed E-state index contributed by atoms with van der Waals surface area (Å²) >= 11 is -3.48. The van der Waals surface area contributed by atoms with Crippen molar-refractivity contribution in [1.82, 2.24) is 0 Å². The summed E-state index contributed by atoms with van der Waals surface area (Å²) in [6.07, 6.45) is 9.93. The Hall–Kier alpha value is -1.97. The van der Waals surface area contributed by atoms with Gasteiger partial charge in [0, 0.05) is 0 Å². The van der Waals surface area contributed by atoms with Crippen LogP contribution in [0, 0.1) is 0 Å². The Morgan fingerprint density at radius 1 is 0.528 bits per heavy atom. The van der Waals surface area contributed by atoms with Gasteiger partial charge in [0.2, 0.25) is 0 Å². The van der Waals surface area contributed by atoms with Crippen LogP contribution in [0.2, 0.25) is 9.36 Å². The van der Waals surface area contributed by atoms with Crippen LogP contribution in [0.15, 0.2) is 109 Å². The van der Waals surface area contributed by atoms with Crippen LogP contribution in [-0.2, 0) is 17.1 Å². The molecule has 4 heteroatoms. The van der Waals surface area contributed by atoms with E-state index in [-0.39, 0.29) is 24.8 Å². The molecule has 182 valence electrons. The fourth-order valence-corrected chi connectivity index (χ4v) is 27.9. The predicted octanol–water partition coefficient (Wildman–Crippen LogP) is 9.03. The van der Waals surface area contributed by atoms with Crippen LogP contribution in [0.25, 0.3) is 34.4 Å². The van der Waals surface area contributed by atoms with E-state index in [0.29, 0.717) is 7.35 Å². The summed E-state index contributed by atoms with van der Waals surface area (Å²) in [5.74, 6) is 0. The van der Waals surface area contributed by atoms with Gasteiger partial charge in [-0.25, -0.2) is 0 Å². The van der Waals surface area contributed by atoms with Crippen molar-refractivity contribution in [2.45, 2.75) is 16.7 Å². The molecule has 2 atom stereocenters. The quantitative estimate of drug-likeness (QED) is 0.187. The molecule has 4 aromatic carbocycles. The van der Waals surface area contributed by atoms with Gasteiger partial charge in [-0.2, -0.15) is 0 Å². The fourth-order valence-electron chi connectivity index (χ4n) is 6.26. The molecular formula is C32H32Cl2HfSi. The Bertz CT molecular complexity index is 1420. The first-order valence-electron chi connectivity index (χ1n) is 12.2. The van der Waals surface area contributed by atoms with Crippen molar-refractivity contribution in [2.75, 3.05) is 0 Å². The Morgan fingerprint density at radius 2 is 0.917 bits per heavy atom. The molecule has 36 heavy (non-hydrogen) atoms. The molecule has 0 aromatic heterocycles. The van der Waals surface area contributed by atoms with E-state index in [9.17, 15) is 0 Å². The molecule has 2 unspecified atom stereocenters. The number of fused-ring (bicyclic) bond motifs is 2. The number of rotatable bonds is 4. The van der Waals surface area contributed by atoms with Crippen LogP contribution in [0.5, 0.6) is 0 Å². The average molecular weight is 694 g/mol. The molecule has 0 saturated carbocycles. The molecule has 0 spiro atoms. The van der Waals surface area contributed by atoms with Gasteiger partial charge >= 0.3 is 207 Å². The summed E-state index contributed by atoms with van der Waals surface area (Å²) in [4.78, 5) is 0. The van der Waals surface area contributed by atoms with Crippen molar-refractivity contribution < 1.29 is 17.1 Å². The van der Waals surface area contributed by atoms with Gasteiger partial charge < -0.3 is 0 Å². The summed E-state index contributed by atoms with van der Waals surface area (Å²) in [6, 6.07) is 35.6. The van der Waals surface area contributed by atoms with Crippen molar-refractivity contribution >= 4 is 43.9 Å². The molecule has 4 aromatic rings. The van der Waals surface area contributed by atoms with Crippen molar-refractivity contribution in [3.63, 3.8) is 0 Å². The third kappa shape index (κ3) is 4.37. The second-order valence-electron chi connectivity index (χ2n) is 11.0. The number of hydrogen-bond acceptors (Lipinski definition) is 0. The normalized spacial score (nSPS) is 17.6. The zero-order valence-corrected chi connectivity index (χ0v) is 27.4. The standard InChI is InChI=1S/2C15H11.2CH3.2ClH.Hf.H2Si/c2*1-2-6-12(7-3-1)14-10-4-8-13-9-5-11-15(13)14;;;;;;/h2*1-11H;2*1H3;2*1H;;1H2. The Balaban J connectivity index is 0.00000152. The van der Waals surface area contributed by atoms with Crippen LogP contribution in [0.4, 0.5) is 0 Å². The molecule has 0 saturated heterocycles. The first kappa shape index (κ1) is 27.1. The van der Waals surface area contributed by atoms with Gasteiger partial charge in [-0.1, -0.05) is 0 Å². The molecule has 0 nitrogen and oxygen atoms in total. The minimum absolute atomic E-state index is 0. The molecule has 2 aliphatic rings. The van der Waals surface area contributed by atoms with Crippen LogP contribution in [0.3, 0.4) is 0 Å². The molecule has 0 bridgehead atoms. The second kappa shape index (κ2) is 10.1. The van der Waals surface area contributed by atoms with Gasteiger partial charge in [0.25, 0.3) is 0 Å². The molecule has 0 N–H and O–H groups in total. The Kier molecular flexibility index (Phi) is 7.57. The molecule has 2 aliphatic carbocycles. The van der Waals surface area contributed by atoms with Crippen molar-refractivity contribution in [2.24, 2.45) is 0 Å². The zero-order valence-electron chi connectivity index (χ0n) is 20.7. The monoisotopic (exact) mass is 694 g/mol. The SMILES string of the molecule is Cl.Cl.[CH3][Hf]([CH3])(=[SiH2])([CH]1C=Cc2c(-c3ccccc3)cccc21)[CH]1C=Cc2c(-c3ccccc3)cccc21. The molecule has 0 fully saturated rings. The summed E-state index contributed by atoms with van der Waals surface area (Å²) in [5.41, 5.74) is 11.3. The van der Waals surface area contributed by atoms with Crippen LogP contribution in [0.1, 0.15) is 29.6 Å². The van der Waals surface area contributed by atoms with Crippen molar-refractivity contribution in [1.29, 1.82) is 0 Å². The van der Waals surface area contributed by atoms with Gasteiger partial charge in [0.1, 0.15) is 0 Å². The van der Waals surface area contributed by atoms with Crippen LogP contribution >= 0.6 is 24.8 Å². The number of hydrogen-bond donors (Lipinski definition) is 0. The van der Waals surface area contributed by atoms with E-state index in [2.05, 4.69) is 138 Å². The summed E-state index contributed by atoms with van der Waals surface area (Å²) < 4.78 is 6.48. The molecule has 0 amide bonds. The summed E-state index contributed by atoms with van der Waals surface area (Å²) in [6.45, 7) is 2.40.